The molecule has 1 atom stereocenters. The van der Waals surface area contributed by atoms with E-state index in [0.717, 1.165) is 12.0 Å². The van der Waals surface area contributed by atoms with Gasteiger partial charge in [0.25, 0.3) is 0 Å². The Kier molecular flexibility index (Phi) is 5.11. The minimum absolute atomic E-state index is 0.330. The maximum atomic E-state index is 13.3. The topological polar surface area (TPSA) is 49.2 Å². The van der Waals surface area contributed by atoms with E-state index in [1.807, 2.05) is 0 Å². The van der Waals surface area contributed by atoms with E-state index < -0.39 is 37.2 Å². The molecular weight excluding hydrogens is 363 g/mol. The highest BCUT2D eigenvalue weighted by atomic mass is 19.4. The van der Waals surface area contributed by atoms with E-state index in [-0.39, 0.29) is 0 Å². The number of benzene rings is 1. The van der Waals surface area contributed by atoms with Crippen molar-refractivity contribution in [3.05, 3.63) is 24.3 Å². The summed E-state index contributed by atoms with van der Waals surface area (Å²) in [4.78, 5) is 5.88. The van der Waals surface area contributed by atoms with Crippen LogP contribution in [0.15, 0.2) is 24.3 Å². The Balaban J connectivity index is 2.07. The molecule has 1 heterocycles. The van der Waals surface area contributed by atoms with Crippen molar-refractivity contribution in [3.63, 3.8) is 0 Å². The minimum Gasteiger partial charge on any atom is -0.363 e. The van der Waals surface area contributed by atoms with Crippen LogP contribution in [-0.2, 0) is 4.74 Å². The third-order valence-corrected chi connectivity index (χ3v) is 3.31. The molecule has 140 valence electrons. The van der Waals surface area contributed by atoms with Crippen LogP contribution in [0.25, 0.3) is 11.0 Å². The first kappa shape index (κ1) is 19.2. The van der Waals surface area contributed by atoms with Gasteiger partial charge in [-0.3, -0.25) is 0 Å². The van der Waals surface area contributed by atoms with Crippen molar-refractivity contribution in [1.29, 1.82) is 0 Å². The van der Waals surface area contributed by atoms with E-state index in [9.17, 15) is 30.7 Å². The highest BCUT2D eigenvalue weighted by molar-refractivity contribution is 5.73. The highest BCUT2D eigenvalue weighted by Gasteiger charge is 2.72. The van der Waals surface area contributed by atoms with Gasteiger partial charge in [-0.15, -0.1) is 5.10 Å². The molecule has 1 aromatic heterocycles. The Morgan fingerprint density at radius 3 is 2.32 bits per heavy atom. The number of rotatable bonds is 7. The maximum absolute atomic E-state index is 13.3. The van der Waals surface area contributed by atoms with Gasteiger partial charge in [-0.1, -0.05) is 17.0 Å². The first-order chi connectivity index (χ1) is 11.5. The monoisotopic (exact) mass is 375 g/mol. The molecule has 5 nitrogen and oxygen atoms in total. The molecule has 2 rings (SSSR count). The number of halogens is 7. The molecule has 25 heavy (non-hydrogen) atoms. The molecule has 0 aliphatic heterocycles. The number of ether oxygens (including phenoxy) is 1. The molecule has 0 spiro atoms. The van der Waals surface area contributed by atoms with Crippen molar-refractivity contribution in [2.45, 2.75) is 37.2 Å². The second-order valence-corrected chi connectivity index (χ2v) is 5.04. The SMILES string of the molecule is COC(CCC(F)(F)C(F)(F)C(F)(F)F)On1nnc2ccccc21. The quantitative estimate of drug-likeness (QED) is 0.550. The van der Waals surface area contributed by atoms with Gasteiger partial charge in [0.2, 0.25) is 6.29 Å². The zero-order valence-electron chi connectivity index (χ0n) is 12.6. The number of aromatic nitrogens is 3. The van der Waals surface area contributed by atoms with Gasteiger partial charge in [0.15, 0.2) is 0 Å². The van der Waals surface area contributed by atoms with Crippen LogP contribution in [0, 0.1) is 0 Å². The van der Waals surface area contributed by atoms with Crippen LogP contribution >= 0.6 is 0 Å². The van der Waals surface area contributed by atoms with Crippen LogP contribution in [-0.4, -0.2) is 46.6 Å². The van der Waals surface area contributed by atoms with Crippen LogP contribution in [0.4, 0.5) is 30.7 Å². The predicted octanol–water partition coefficient (Wildman–Crippen LogP) is 3.45. The van der Waals surface area contributed by atoms with Crippen LogP contribution in [0.1, 0.15) is 12.8 Å². The second kappa shape index (κ2) is 6.65. The van der Waals surface area contributed by atoms with Crippen molar-refractivity contribution in [3.8, 4) is 0 Å². The number of hydrogen-bond donors (Lipinski definition) is 0. The van der Waals surface area contributed by atoms with Crippen molar-refractivity contribution in [1.82, 2.24) is 15.2 Å². The summed E-state index contributed by atoms with van der Waals surface area (Å²) in [6.45, 7) is 0. The summed E-state index contributed by atoms with van der Waals surface area (Å²) in [7, 11) is 1.02. The fourth-order valence-electron chi connectivity index (χ4n) is 1.91. The van der Waals surface area contributed by atoms with E-state index in [1.165, 1.54) is 6.07 Å². The van der Waals surface area contributed by atoms with Crippen LogP contribution in [0.2, 0.25) is 0 Å². The van der Waals surface area contributed by atoms with E-state index in [4.69, 9.17) is 9.57 Å². The van der Waals surface area contributed by atoms with Gasteiger partial charge in [0.05, 0.1) is 0 Å². The lowest BCUT2D eigenvalue weighted by Gasteiger charge is -2.29. The van der Waals surface area contributed by atoms with E-state index in [1.54, 1.807) is 18.2 Å². The molecule has 0 aliphatic rings. The molecule has 0 N–H and O–H groups in total. The Bertz CT molecular complexity index is 717. The number of alkyl halides is 7. The Hall–Kier alpha value is -2.11. The maximum Gasteiger partial charge on any atom is 0.459 e. The van der Waals surface area contributed by atoms with Gasteiger partial charge in [-0.05, 0) is 17.3 Å². The smallest absolute Gasteiger partial charge is 0.363 e. The highest BCUT2D eigenvalue weighted by Crippen LogP contribution is 2.48. The molecule has 0 amide bonds. The summed E-state index contributed by atoms with van der Waals surface area (Å²) in [6.07, 6.45) is -10.7. The van der Waals surface area contributed by atoms with Crippen LogP contribution in [0.5, 0.6) is 0 Å². The fourth-order valence-corrected chi connectivity index (χ4v) is 1.91. The third kappa shape index (κ3) is 3.78. The third-order valence-electron chi connectivity index (χ3n) is 3.31. The van der Waals surface area contributed by atoms with Gasteiger partial charge in [-0.2, -0.15) is 30.7 Å². The van der Waals surface area contributed by atoms with Crippen molar-refractivity contribution < 1.29 is 40.3 Å². The van der Waals surface area contributed by atoms with Crippen LogP contribution in [0.3, 0.4) is 0 Å². The lowest BCUT2D eigenvalue weighted by molar-refractivity contribution is -0.357. The van der Waals surface area contributed by atoms with Gasteiger partial charge in [0, 0.05) is 20.0 Å². The standard InChI is InChI=1S/C13H12F7N3O2/c1-24-10(6-7-11(14,15)12(16,17)13(18,19)20)25-23-9-5-3-2-4-8(9)21-22-23/h2-5,10H,6-7H2,1H3. The van der Waals surface area contributed by atoms with E-state index in [0.29, 0.717) is 11.0 Å². The lowest BCUT2D eigenvalue weighted by Crippen LogP contribution is -2.52. The van der Waals surface area contributed by atoms with Crippen molar-refractivity contribution >= 4 is 11.0 Å². The van der Waals surface area contributed by atoms with Crippen molar-refractivity contribution in [2.24, 2.45) is 0 Å². The fraction of sp³-hybridized carbons (Fsp3) is 0.538. The number of methoxy groups -OCH3 is 1. The molecule has 0 fully saturated rings. The average Bonchev–Trinajstić information content (AvgIpc) is 2.93. The number of fused-ring (bicyclic) bond motifs is 1. The Morgan fingerprint density at radius 1 is 1.08 bits per heavy atom. The molecular formula is C13H12F7N3O2. The Labute approximate surface area is 136 Å². The number of nitrogens with zero attached hydrogens (tertiary/aromatic N) is 3. The molecule has 1 aromatic carbocycles. The second-order valence-electron chi connectivity index (χ2n) is 5.04. The van der Waals surface area contributed by atoms with Gasteiger partial charge >= 0.3 is 18.0 Å². The molecule has 0 bridgehead atoms. The minimum atomic E-state index is -6.37. The number of para-hydroxylation sites is 1. The molecule has 0 aliphatic carbocycles. The molecule has 0 saturated carbocycles. The molecule has 12 heteroatoms. The van der Waals surface area contributed by atoms with Crippen LogP contribution < -0.4 is 4.84 Å². The lowest BCUT2D eigenvalue weighted by atomic mass is 10.1. The summed E-state index contributed by atoms with van der Waals surface area (Å²) in [5.41, 5.74) is 0.725. The summed E-state index contributed by atoms with van der Waals surface area (Å²) in [6, 6.07) is 6.34. The summed E-state index contributed by atoms with van der Waals surface area (Å²) in [5.74, 6) is -11.5. The summed E-state index contributed by atoms with van der Waals surface area (Å²) < 4.78 is 93.3. The number of hydrogen-bond acceptors (Lipinski definition) is 4. The average molecular weight is 375 g/mol. The molecule has 0 radical (unpaired) electrons. The zero-order valence-corrected chi connectivity index (χ0v) is 12.6. The van der Waals surface area contributed by atoms with Gasteiger partial charge in [0.1, 0.15) is 11.0 Å². The predicted molar refractivity (Wildman–Crippen MR) is 70.1 cm³/mol. The molecule has 1 unspecified atom stereocenters. The van der Waals surface area contributed by atoms with E-state index in [2.05, 4.69) is 10.3 Å². The summed E-state index contributed by atoms with van der Waals surface area (Å²) in [5, 5.41) is 7.27. The normalized spacial score (nSPS) is 14.7. The van der Waals surface area contributed by atoms with E-state index >= 15 is 0 Å². The zero-order chi connectivity index (χ0) is 18.9. The molecule has 0 saturated heterocycles. The summed E-state index contributed by atoms with van der Waals surface area (Å²) >= 11 is 0. The van der Waals surface area contributed by atoms with Gasteiger partial charge in [-0.25, -0.2) is 0 Å². The van der Waals surface area contributed by atoms with Crippen molar-refractivity contribution in [2.75, 3.05) is 7.11 Å². The molecule has 2 aromatic rings. The first-order valence-electron chi connectivity index (χ1n) is 6.82. The van der Waals surface area contributed by atoms with Gasteiger partial charge < -0.3 is 9.57 Å². The Morgan fingerprint density at radius 2 is 1.72 bits per heavy atom. The largest absolute Gasteiger partial charge is 0.459 e. The first-order valence-corrected chi connectivity index (χ1v) is 6.82.